The van der Waals surface area contributed by atoms with Crippen molar-refractivity contribution in [3.8, 4) is 0 Å². The fraction of sp³-hybridized carbons (Fsp3) is 0.357. The van der Waals surface area contributed by atoms with Gasteiger partial charge in [-0.2, -0.15) is 0 Å². The van der Waals surface area contributed by atoms with Crippen molar-refractivity contribution in [3.05, 3.63) is 30.0 Å². The average molecular weight is 244 g/mol. The minimum absolute atomic E-state index is 0.0705. The van der Waals surface area contributed by atoms with Gasteiger partial charge < -0.3 is 15.0 Å². The number of anilines is 1. The quantitative estimate of drug-likeness (QED) is 0.846. The molecule has 3 rings (SSSR count). The number of rotatable bonds is 2. The number of carbonyl (C=O) groups excluding carboxylic acids is 1. The van der Waals surface area contributed by atoms with Crippen LogP contribution in [0.1, 0.15) is 12.1 Å². The minimum atomic E-state index is 0.0705. The van der Waals surface area contributed by atoms with E-state index in [0.717, 1.165) is 22.3 Å². The van der Waals surface area contributed by atoms with Crippen molar-refractivity contribution in [2.75, 3.05) is 18.1 Å². The molecule has 0 saturated carbocycles. The lowest BCUT2D eigenvalue weighted by Crippen LogP contribution is -2.24. The molecule has 0 spiro atoms. The molecule has 4 nitrogen and oxygen atoms in total. The van der Waals surface area contributed by atoms with Gasteiger partial charge in [-0.05, 0) is 31.2 Å². The van der Waals surface area contributed by atoms with Crippen molar-refractivity contribution in [2.45, 2.75) is 13.3 Å². The summed E-state index contributed by atoms with van der Waals surface area (Å²) in [6.07, 6.45) is 0.445. The van der Waals surface area contributed by atoms with Crippen molar-refractivity contribution < 1.29 is 9.90 Å². The van der Waals surface area contributed by atoms with Crippen LogP contribution in [0.2, 0.25) is 0 Å². The van der Waals surface area contributed by atoms with Gasteiger partial charge in [0.15, 0.2) is 0 Å². The van der Waals surface area contributed by atoms with E-state index in [-0.39, 0.29) is 18.4 Å². The van der Waals surface area contributed by atoms with Gasteiger partial charge in [-0.15, -0.1) is 0 Å². The van der Waals surface area contributed by atoms with Gasteiger partial charge in [0.05, 0.1) is 0 Å². The van der Waals surface area contributed by atoms with E-state index in [9.17, 15) is 4.79 Å². The molecule has 1 aromatic heterocycles. The van der Waals surface area contributed by atoms with Gasteiger partial charge in [0, 0.05) is 47.8 Å². The standard InChI is InChI=1S/C14H16N2O2/c1-9-4-11-6-12(2-3-13(11)15-9)16-7-10(8-17)5-14(16)18/h2-4,6,10,15,17H,5,7-8H2,1H3. The molecule has 1 atom stereocenters. The number of aliphatic hydroxyl groups excluding tert-OH is 1. The summed E-state index contributed by atoms with van der Waals surface area (Å²) in [6, 6.07) is 8.05. The van der Waals surface area contributed by atoms with E-state index in [1.807, 2.05) is 25.1 Å². The third kappa shape index (κ3) is 1.78. The van der Waals surface area contributed by atoms with Gasteiger partial charge in [0.1, 0.15) is 0 Å². The van der Waals surface area contributed by atoms with Gasteiger partial charge in [0.2, 0.25) is 5.91 Å². The molecule has 2 heterocycles. The Labute approximate surface area is 105 Å². The third-order valence-corrected chi connectivity index (χ3v) is 3.51. The zero-order valence-electron chi connectivity index (χ0n) is 10.3. The number of benzene rings is 1. The first-order chi connectivity index (χ1) is 8.67. The van der Waals surface area contributed by atoms with Gasteiger partial charge in [0.25, 0.3) is 0 Å². The largest absolute Gasteiger partial charge is 0.396 e. The molecule has 4 heteroatoms. The van der Waals surface area contributed by atoms with Crippen molar-refractivity contribution in [1.82, 2.24) is 4.98 Å². The zero-order chi connectivity index (χ0) is 12.7. The number of fused-ring (bicyclic) bond motifs is 1. The summed E-state index contributed by atoms with van der Waals surface area (Å²) in [5.74, 6) is 0.168. The van der Waals surface area contributed by atoms with Crippen LogP contribution in [-0.2, 0) is 4.79 Å². The van der Waals surface area contributed by atoms with Crippen LogP contribution in [0, 0.1) is 12.8 Å². The Bertz CT molecular complexity index is 603. The number of aromatic amines is 1. The van der Waals surface area contributed by atoms with Gasteiger partial charge in [-0.3, -0.25) is 4.79 Å². The van der Waals surface area contributed by atoms with Crippen LogP contribution < -0.4 is 4.90 Å². The highest BCUT2D eigenvalue weighted by Crippen LogP contribution is 2.28. The Morgan fingerprint density at radius 2 is 2.28 bits per heavy atom. The summed E-state index contributed by atoms with van der Waals surface area (Å²) >= 11 is 0. The monoisotopic (exact) mass is 244 g/mol. The highest BCUT2D eigenvalue weighted by molar-refractivity contribution is 5.98. The van der Waals surface area contributed by atoms with Gasteiger partial charge >= 0.3 is 0 Å². The van der Waals surface area contributed by atoms with Crippen LogP contribution in [0.3, 0.4) is 0 Å². The van der Waals surface area contributed by atoms with E-state index in [0.29, 0.717) is 13.0 Å². The van der Waals surface area contributed by atoms with E-state index in [4.69, 9.17) is 5.11 Å². The molecule has 1 amide bonds. The second kappa shape index (κ2) is 4.14. The van der Waals surface area contributed by atoms with Gasteiger partial charge in [-0.25, -0.2) is 0 Å². The van der Waals surface area contributed by atoms with E-state index < -0.39 is 0 Å². The molecule has 1 fully saturated rings. The predicted octanol–water partition coefficient (Wildman–Crippen LogP) is 1.82. The van der Waals surface area contributed by atoms with E-state index >= 15 is 0 Å². The second-order valence-corrected chi connectivity index (χ2v) is 4.98. The molecule has 1 unspecified atom stereocenters. The smallest absolute Gasteiger partial charge is 0.227 e. The Balaban J connectivity index is 1.96. The number of carbonyl (C=O) groups is 1. The van der Waals surface area contributed by atoms with Crippen LogP contribution in [0.25, 0.3) is 10.9 Å². The van der Waals surface area contributed by atoms with Crippen molar-refractivity contribution in [3.63, 3.8) is 0 Å². The molecule has 2 N–H and O–H groups in total. The molecule has 0 bridgehead atoms. The normalized spacial score (nSPS) is 20.0. The lowest BCUT2D eigenvalue weighted by Gasteiger charge is -2.16. The SMILES string of the molecule is Cc1cc2cc(N3CC(CO)CC3=O)ccc2[nH]1. The fourth-order valence-electron chi connectivity index (χ4n) is 2.59. The van der Waals surface area contributed by atoms with E-state index in [2.05, 4.69) is 11.1 Å². The minimum Gasteiger partial charge on any atom is -0.396 e. The number of H-pyrrole nitrogens is 1. The number of hydrogen-bond acceptors (Lipinski definition) is 2. The third-order valence-electron chi connectivity index (χ3n) is 3.51. The molecule has 1 saturated heterocycles. The molecule has 0 radical (unpaired) electrons. The van der Waals surface area contributed by atoms with Crippen LogP contribution in [0.4, 0.5) is 5.69 Å². The number of hydrogen-bond donors (Lipinski definition) is 2. The average Bonchev–Trinajstić information content (AvgIpc) is 2.89. The predicted molar refractivity (Wildman–Crippen MR) is 70.6 cm³/mol. The molecule has 2 aromatic rings. The summed E-state index contributed by atoms with van der Waals surface area (Å²) in [6.45, 7) is 2.71. The Hall–Kier alpha value is -1.81. The van der Waals surface area contributed by atoms with Crippen LogP contribution >= 0.6 is 0 Å². The second-order valence-electron chi connectivity index (χ2n) is 4.98. The molecule has 18 heavy (non-hydrogen) atoms. The van der Waals surface area contributed by atoms with E-state index in [1.54, 1.807) is 4.90 Å². The maximum Gasteiger partial charge on any atom is 0.227 e. The van der Waals surface area contributed by atoms with Crippen molar-refractivity contribution in [1.29, 1.82) is 0 Å². The zero-order valence-corrected chi connectivity index (χ0v) is 10.3. The molecule has 0 aliphatic carbocycles. The summed E-state index contributed by atoms with van der Waals surface area (Å²) in [5.41, 5.74) is 3.12. The Kier molecular flexibility index (Phi) is 2.59. The van der Waals surface area contributed by atoms with Crippen LogP contribution in [-0.4, -0.2) is 29.1 Å². The fourth-order valence-corrected chi connectivity index (χ4v) is 2.59. The Morgan fingerprint density at radius 1 is 1.44 bits per heavy atom. The van der Waals surface area contributed by atoms with Crippen LogP contribution in [0.5, 0.6) is 0 Å². The van der Waals surface area contributed by atoms with E-state index in [1.165, 1.54) is 0 Å². The van der Waals surface area contributed by atoms with Crippen molar-refractivity contribution >= 4 is 22.5 Å². The number of aliphatic hydroxyl groups is 1. The molecular weight excluding hydrogens is 228 g/mol. The molecular formula is C14H16N2O2. The highest BCUT2D eigenvalue weighted by atomic mass is 16.3. The Morgan fingerprint density at radius 3 is 3.00 bits per heavy atom. The van der Waals surface area contributed by atoms with Gasteiger partial charge in [-0.1, -0.05) is 0 Å². The number of nitrogens with one attached hydrogen (secondary N) is 1. The maximum atomic E-state index is 11.9. The first-order valence-electron chi connectivity index (χ1n) is 6.18. The van der Waals surface area contributed by atoms with Crippen LogP contribution in [0.15, 0.2) is 24.3 Å². The molecule has 1 aliphatic heterocycles. The first-order valence-corrected chi connectivity index (χ1v) is 6.18. The summed E-state index contributed by atoms with van der Waals surface area (Å²) < 4.78 is 0. The number of nitrogens with zero attached hydrogens (tertiary/aromatic N) is 1. The first kappa shape index (κ1) is 11.3. The van der Waals surface area contributed by atoms with Crippen molar-refractivity contribution in [2.24, 2.45) is 5.92 Å². The lowest BCUT2D eigenvalue weighted by molar-refractivity contribution is -0.117. The number of aryl methyl sites for hydroxylation is 1. The highest BCUT2D eigenvalue weighted by Gasteiger charge is 2.30. The topological polar surface area (TPSA) is 56.3 Å². The molecule has 1 aromatic carbocycles. The molecule has 94 valence electrons. The number of aromatic nitrogens is 1. The lowest BCUT2D eigenvalue weighted by atomic mass is 10.1. The number of amides is 1. The summed E-state index contributed by atoms with van der Waals surface area (Å²) in [5, 5.41) is 10.3. The summed E-state index contributed by atoms with van der Waals surface area (Å²) in [4.78, 5) is 16.9. The summed E-state index contributed by atoms with van der Waals surface area (Å²) in [7, 11) is 0. The molecule has 1 aliphatic rings. The maximum absolute atomic E-state index is 11.9.